The number of carbonyl (C=O) groups is 2. The van der Waals surface area contributed by atoms with Crippen molar-refractivity contribution in [3.8, 4) is 16.8 Å². The zero-order valence-electron chi connectivity index (χ0n) is 44.3. The van der Waals surface area contributed by atoms with Gasteiger partial charge in [-0.05, 0) is 132 Å². The smallest absolute Gasteiger partial charge is 0.382 e. The van der Waals surface area contributed by atoms with E-state index in [1.807, 2.05) is 71.3 Å². The number of hydrogen-bond donors (Lipinski definition) is 2. The summed E-state index contributed by atoms with van der Waals surface area (Å²) in [6.45, 7) is 15.8. The first kappa shape index (κ1) is 54.4. The summed E-state index contributed by atoms with van der Waals surface area (Å²) in [4.78, 5) is 42.9. The van der Waals surface area contributed by atoms with Crippen molar-refractivity contribution < 1.29 is 27.3 Å². The van der Waals surface area contributed by atoms with Gasteiger partial charge in [-0.3, -0.25) is 28.9 Å². The molecule has 0 bridgehead atoms. The average Bonchev–Trinajstić information content (AvgIpc) is 4.03. The number of piperazine rings is 1. The molecule has 2 amide bonds. The molecule has 3 aromatic carbocycles. The minimum absolute atomic E-state index is 0.0651. The van der Waals surface area contributed by atoms with E-state index < -0.39 is 25.9 Å². The fourth-order valence-corrected chi connectivity index (χ4v) is 13.4. The zero-order valence-corrected chi connectivity index (χ0v) is 46.8. The largest absolute Gasteiger partial charge is 0.406 e. The predicted molar refractivity (Wildman–Crippen MR) is 302 cm³/mol. The Morgan fingerprint density at radius 1 is 0.844 bits per heavy atom. The molecule has 4 aliphatic heterocycles. The van der Waals surface area contributed by atoms with Crippen molar-refractivity contribution in [2.45, 2.75) is 77.7 Å². The molecular formula is C57H66ClF3N11O3PS. The van der Waals surface area contributed by atoms with Crippen molar-refractivity contribution in [1.29, 1.82) is 0 Å². The summed E-state index contributed by atoms with van der Waals surface area (Å²) in [6.07, 6.45) is -0.833. The Bertz CT molecular complexity index is 3280. The van der Waals surface area contributed by atoms with Gasteiger partial charge in [0.25, 0.3) is 0 Å². The SMILES string of the molecule is Cc1sc2c(c1C)C(c1ccc(Cl)cc1)=N[C@@H](CC(=O)N1CCC(CN3CCN(C(=O)CN4CCC(Nc5cccc6c5cc(C#CCNc5ccc(P(C)(C)=O)cc5)n6CC(F)(F)F)CC4)CC3)CC1)c1nnc(C)n1-2. The highest BCUT2D eigenvalue weighted by Gasteiger charge is 2.36. The van der Waals surface area contributed by atoms with Crippen molar-refractivity contribution in [3.63, 3.8) is 0 Å². The van der Waals surface area contributed by atoms with Gasteiger partial charge < -0.3 is 29.6 Å². The number of carbonyl (C=O) groups excluding carboxylic acids is 2. The second-order valence-electron chi connectivity index (χ2n) is 21.3. The van der Waals surface area contributed by atoms with Crippen molar-refractivity contribution in [2.24, 2.45) is 10.9 Å². The molecule has 14 nitrogen and oxygen atoms in total. The summed E-state index contributed by atoms with van der Waals surface area (Å²) < 4.78 is 57.4. The minimum Gasteiger partial charge on any atom is -0.382 e. The van der Waals surface area contributed by atoms with Gasteiger partial charge >= 0.3 is 6.18 Å². The number of nitrogens with zero attached hydrogens (tertiary/aromatic N) is 9. The van der Waals surface area contributed by atoms with Gasteiger partial charge in [0.05, 0.1) is 36.4 Å². The summed E-state index contributed by atoms with van der Waals surface area (Å²) in [5.41, 5.74) is 6.24. The molecule has 4 aliphatic rings. The fraction of sp³-hybridized carbons (Fsp3) is 0.456. The lowest BCUT2D eigenvalue weighted by Gasteiger charge is -2.40. The van der Waals surface area contributed by atoms with Gasteiger partial charge in [0, 0.05) is 108 Å². The summed E-state index contributed by atoms with van der Waals surface area (Å²) >= 11 is 8.00. The molecule has 1 atom stereocenters. The van der Waals surface area contributed by atoms with Crippen LogP contribution >= 0.6 is 30.1 Å². The first-order valence-electron chi connectivity index (χ1n) is 26.6. The number of anilines is 2. The van der Waals surface area contributed by atoms with E-state index in [1.54, 1.807) is 42.9 Å². The second-order valence-corrected chi connectivity index (χ2v) is 26.2. The highest BCUT2D eigenvalue weighted by molar-refractivity contribution is 7.70. The van der Waals surface area contributed by atoms with Crippen LogP contribution in [0.4, 0.5) is 24.5 Å². The number of aliphatic imine (C=N–C) groups is 1. The van der Waals surface area contributed by atoms with Crippen LogP contribution in [0.5, 0.6) is 0 Å². The van der Waals surface area contributed by atoms with Crippen molar-refractivity contribution in [1.82, 2.24) is 38.9 Å². The maximum atomic E-state index is 14.1. The molecule has 10 rings (SSSR count). The Balaban J connectivity index is 0.677. The Morgan fingerprint density at radius 2 is 1.55 bits per heavy atom. The van der Waals surface area contributed by atoms with E-state index in [2.05, 4.69) is 60.9 Å². The first-order valence-corrected chi connectivity index (χ1v) is 30.4. The third-order valence-corrected chi connectivity index (χ3v) is 18.6. The van der Waals surface area contributed by atoms with Crippen LogP contribution < -0.4 is 15.9 Å². The molecule has 406 valence electrons. The molecule has 3 aromatic heterocycles. The van der Waals surface area contributed by atoms with Crippen LogP contribution in [0, 0.1) is 38.5 Å². The number of rotatable bonds is 13. The molecule has 20 heteroatoms. The van der Waals surface area contributed by atoms with Crippen molar-refractivity contribution in [3.05, 3.63) is 117 Å². The third-order valence-electron chi connectivity index (χ3n) is 15.6. The average molecular weight is 1110 g/mol. The van der Waals surface area contributed by atoms with E-state index in [-0.39, 0.29) is 36.5 Å². The van der Waals surface area contributed by atoms with Crippen LogP contribution in [0.15, 0.2) is 77.8 Å². The lowest BCUT2D eigenvalue weighted by molar-refractivity contribution is -0.140. The summed E-state index contributed by atoms with van der Waals surface area (Å²) in [6, 6.07) is 21.7. The number of piperidine rings is 2. The first-order chi connectivity index (χ1) is 36.8. The van der Waals surface area contributed by atoms with Gasteiger partial charge in [0.2, 0.25) is 11.8 Å². The Labute approximate surface area is 457 Å². The van der Waals surface area contributed by atoms with Gasteiger partial charge in [0.15, 0.2) is 5.82 Å². The number of likely N-dealkylation sites (tertiary alicyclic amines) is 2. The van der Waals surface area contributed by atoms with Gasteiger partial charge in [-0.1, -0.05) is 35.7 Å². The molecule has 0 saturated carbocycles. The van der Waals surface area contributed by atoms with E-state index in [0.717, 1.165) is 108 Å². The van der Waals surface area contributed by atoms with Gasteiger partial charge in [0.1, 0.15) is 30.6 Å². The molecule has 7 heterocycles. The quantitative estimate of drug-likeness (QED) is 0.0857. The van der Waals surface area contributed by atoms with E-state index >= 15 is 0 Å². The number of halogens is 4. The van der Waals surface area contributed by atoms with Crippen LogP contribution in [0.2, 0.25) is 5.02 Å². The van der Waals surface area contributed by atoms with Gasteiger partial charge in [-0.15, -0.1) is 21.5 Å². The van der Waals surface area contributed by atoms with Crippen molar-refractivity contribution >= 4 is 75.2 Å². The Kier molecular flexibility index (Phi) is 16.1. The highest BCUT2D eigenvalue weighted by atomic mass is 35.5. The molecule has 3 fully saturated rings. The van der Waals surface area contributed by atoms with Crippen LogP contribution in [0.3, 0.4) is 0 Å². The minimum atomic E-state index is -4.44. The number of amides is 2. The molecule has 6 aromatic rings. The second kappa shape index (κ2) is 22.8. The van der Waals surface area contributed by atoms with Gasteiger partial charge in [-0.2, -0.15) is 13.2 Å². The molecule has 0 aliphatic carbocycles. The monoisotopic (exact) mass is 1110 g/mol. The molecule has 77 heavy (non-hydrogen) atoms. The summed E-state index contributed by atoms with van der Waals surface area (Å²) in [7, 11) is -2.39. The number of benzene rings is 3. The molecule has 3 saturated heterocycles. The number of hydrogen-bond acceptors (Lipinski definition) is 11. The fourth-order valence-electron chi connectivity index (χ4n) is 11.2. The topological polar surface area (TPSA) is 136 Å². The molecule has 0 spiro atoms. The summed E-state index contributed by atoms with van der Waals surface area (Å²) in [5, 5.41) is 19.0. The summed E-state index contributed by atoms with van der Waals surface area (Å²) in [5.74, 6) is 8.07. The van der Waals surface area contributed by atoms with Gasteiger partial charge in [-0.25, -0.2) is 0 Å². The lowest BCUT2D eigenvalue weighted by Crippen LogP contribution is -2.53. The van der Waals surface area contributed by atoms with Crippen LogP contribution in [0.1, 0.15) is 77.1 Å². The Morgan fingerprint density at radius 3 is 2.23 bits per heavy atom. The molecule has 0 unspecified atom stereocenters. The zero-order chi connectivity index (χ0) is 54.2. The Hall–Kier alpha value is -5.96. The number of thiophene rings is 1. The van der Waals surface area contributed by atoms with E-state index in [1.165, 1.54) is 9.44 Å². The number of aryl methyl sites for hydroxylation is 2. The number of fused-ring (bicyclic) bond motifs is 4. The predicted octanol–water partition coefficient (Wildman–Crippen LogP) is 9.38. The van der Waals surface area contributed by atoms with E-state index in [0.29, 0.717) is 60.4 Å². The standard InChI is InChI=1S/C57H66ClF3N11O3PS/c1-37-38(2)77-56-53(37)54(41-11-13-42(58)14-12-41)64-49(55-66-65-39(3)72(55)56)33-51(73)69-26-19-40(20-27-69)34-68-28-30-70(31-29-68)52(74)35-67-24-21-44(22-25-67)63-48-9-6-10-50-47(48)32-45(71(50)36-57(59,60)61)8-7-23-62-43-15-17-46(18-16-43)76(4,5)75/h6,9-18,32,40,44,49,62-63H,19-31,33-36H2,1-5H3/t49-/m0/s1. The molecule has 0 radical (unpaired) electrons. The number of aromatic nitrogens is 4. The highest BCUT2D eigenvalue weighted by Crippen LogP contribution is 2.41. The molecule has 2 N–H and O–H groups in total. The van der Waals surface area contributed by atoms with Crippen LogP contribution in [-0.4, -0.2) is 154 Å². The maximum absolute atomic E-state index is 14.1. The van der Waals surface area contributed by atoms with E-state index in [4.69, 9.17) is 16.6 Å². The molecular weight excluding hydrogens is 1040 g/mol. The van der Waals surface area contributed by atoms with Crippen molar-refractivity contribution in [2.75, 3.05) is 96.0 Å². The third kappa shape index (κ3) is 12.5. The maximum Gasteiger partial charge on any atom is 0.406 e. The lowest BCUT2D eigenvalue weighted by atomic mass is 9.95. The number of nitrogens with one attached hydrogen (secondary N) is 2. The number of alkyl halides is 3. The normalized spacial score (nSPS) is 18.1. The van der Waals surface area contributed by atoms with Crippen LogP contribution in [-0.2, 0) is 20.7 Å². The van der Waals surface area contributed by atoms with E-state index in [9.17, 15) is 27.3 Å². The van der Waals surface area contributed by atoms with Crippen LogP contribution in [0.25, 0.3) is 15.9 Å².